The number of hydrogen-bond acceptors (Lipinski definition) is 6. The number of hydrogen-bond donors (Lipinski definition) is 0. The van der Waals surface area contributed by atoms with E-state index in [9.17, 15) is 24.5 Å². The number of β-lactam (4-membered cyclic amide) rings is 1. The van der Waals surface area contributed by atoms with Crippen LogP contribution in [0.3, 0.4) is 0 Å². The average Bonchev–Trinajstić information content (AvgIpc) is 2.58. The van der Waals surface area contributed by atoms with Gasteiger partial charge in [0.25, 0.3) is 5.69 Å². The molecule has 1 aromatic rings. The molecule has 0 aromatic heterocycles. The second-order valence-electron chi connectivity index (χ2n) is 8.93. The van der Waals surface area contributed by atoms with Gasteiger partial charge in [-0.25, -0.2) is 0 Å². The molecular weight excluding hydrogens is 392 g/mol. The van der Waals surface area contributed by atoms with Crippen molar-refractivity contribution in [1.82, 2.24) is 4.57 Å². The minimum absolute atomic E-state index is 0.0198. The van der Waals surface area contributed by atoms with Crippen molar-refractivity contribution in [2.24, 2.45) is 0 Å². The van der Waals surface area contributed by atoms with Crippen molar-refractivity contribution in [2.45, 2.75) is 70.8 Å². The Balaban J connectivity index is 1.85. The molecule has 1 aromatic carbocycles. The van der Waals surface area contributed by atoms with Crippen LogP contribution in [0.25, 0.3) is 0 Å². The Morgan fingerprint density at radius 3 is 2.31 bits per heavy atom. The fourth-order valence-corrected chi connectivity index (χ4v) is 5.73. The maximum atomic E-state index is 12.3. The predicted molar refractivity (Wildman–Crippen MR) is 110 cm³/mol. The molecule has 2 rings (SSSR count). The number of ether oxygens (including phenoxy) is 1. The second kappa shape index (κ2) is 8.44. The van der Waals surface area contributed by atoms with Crippen LogP contribution in [-0.4, -0.2) is 41.4 Å². The second-order valence-corrected chi connectivity index (χ2v) is 14.0. The summed E-state index contributed by atoms with van der Waals surface area (Å²) in [5.74, 6) is -0.812. The first-order valence-corrected chi connectivity index (χ1v) is 12.5. The Labute approximate surface area is 171 Å². The van der Waals surface area contributed by atoms with Crippen molar-refractivity contribution >= 4 is 31.6 Å². The molecule has 29 heavy (non-hydrogen) atoms. The van der Waals surface area contributed by atoms with Gasteiger partial charge in [0.2, 0.25) is 5.91 Å². The minimum atomic E-state index is -2.06. The zero-order valence-electron chi connectivity index (χ0n) is 17.6. The van der Waals surface area contributed by atoms with E-state index in [0.29, 0.717) is 12.0 Å². The third-order valence-electron chi connectivity index (χ3n) is 5.83. The SMILES string of the molecule is CC(C)(C)[Si](C)(C)N1C(=O)CC1CC(=O)CC(=O)OCc1ccc([N+](=O)[O-])cc1. The van der Waals surface area contributed by atoms with Gasteiger partial charge >= 0.3 is 5.97 Å². The summed E-state index contributed by atoms with van der Waals surface area (Å²) in [6.45, 7) is 10.5. The summed E-state index contributed by atoms with van der Waals surface area (Å²) in [5, 5.41) is 10.6. The molecule has 158 valence electrons. The summed E-state index contributed by atoms with van der Waals surface area (Å²) in [4.78, 5) is 46.6. The average molecular weight is 421 g/mol. The molecule has 0 saturated carbocycles. The van der Waals surface area contributed by atoms with Crippen LogP contribution in [0.15, 0.2) is 24.3 Å². The molecule has 1 saturated heterocycles. The van der Waals surface area contributed by atoms with E-state index in [1.54, 1.807) is 0 Å². The Kier molecular flexibility index (Phi) is 6.62. The van der Waals surface area contributed by atoms with Gasteiger partial charge in [-0.3, -0.25) is 24.5 Å². The zero-order valence-corrected chi connectivity index (χ0v) is 18.6. The molecule has 0 aliphatic carbocycles. The summed E-state index contributed by atoms with van der Waals surface area (Å²) < 4.78 is 7.00. The van der Waals surface area contributed by atoms with Gasteiger partial charge in [-0.05, 0) is 22.7 Å². The van der Waals surface area contributed by atoms with Gasteiger partial charge in [-0.1, -0.05) is 33.9 Å². The summed E-state index contributed by atoms with van der Waals surface area (Å²) in [6, 6.07) is 5.53. The van der Waals surface area contributed by atoms with Gasteiger partial charge in [-0.15, -0.1) is 0 Å². The summed E-state index contributed by atoms with van der Waals surface area (Å²) in [7, 11) is -2.06. The van der Waals surface area contributed by atoms with E-state index in [0.717, 1.165) is 0 Å². The van der Waals surface area contributed by atoms with E-state index < -0.39 is 19.1 Å². The maximum absolute atomic E-state index is 12.3. The lowest BCUT2D eigenvalue weighted by atomic mass is 9.99. The Bertz CT molecular complexity index is 813. The summed E-state index contributed by atoms with van der Waals surface area (Å²) in [5.41, 5.74) is 0.557. The third kappa shape index (κ3) is 5.29. The zero-order chi connectivity index (χ0) is 22.0. The van der Waals surface area contributed by atoms with Crippen LogP contribution in [0.4, 0.5) is 5.69 Å². The van der Waals surface area contributed by atoms with E-state index >= 15 is 0 Å². The van der Waals surface area contributed by atoms with E-state index in [4.69, 9.17) is 4.74 Å². The lowest BCUT2D eigenvalue weighted by molar-refractivity contribution is -0.384. The minimum Gasteiger partial charge on any atom is -0.460 e. The monoisotopic (exact) mass is 420 g/mol. The summed E-state index contributed by atoms with van der Waals surface area (Å²) in [6.07, 6.45) is 0.157. The Hall–Kier alpha value is -2.55. The quantitative estimate of drug-likeness (QED) is 0.159. The van der Waals surface area contributed by atoms with Gasteiger partial charge in [0, 0.05) is 31.0 Å². The van der Waals surface area contributed by atoms with Crippen LogP contribution in [0.2, 0.25) is 18.1 Å². The highest BCUT2D eigenvalue weighted by Gasteiger charge is 2.51. The molecule has 1 aliphatic rings. The molecular formula is C20H28N2O6Si. The molecule has 0 radical (unpaired) electrons. The standard InChI is InChI=1S/C20H28N2O6Si/c1-20(2,3)29(4,5)21-16(11-18(21)24)10-17(23)12-19(25)28-13-14-6-8-15(9-7-14)22(26)27/h6-9,16H,10-13H2,1-5H3. The fourth-order valence-electron chi connectivity index (χ4n) is 3.20. The van der Waals surface area contributed by atoms with Crippen LogP contribution in [0.5, 0.6) is 0 Å². The third-order valence-corrected chi connectivity index (χ3v) is 11.3. The van der Waals surface area contributed by atoms with E-state index in [-0.39, 0.29) is 47.9 Å². The molecule has 1 heterocycles. The molecule has 0 spiro atoms. The van der Waals surface area contributed by atoms with Gasteiger partial charge in [-0.2, -0.15) is 0 Å². The molecule has 1 atom stereocenters. The lowest BCUT2D eigenvalue weighted by Crippen LogP contribution is -2.68. The predicted octanol–water partition coefficient (Wildman–Crippen LogP) is 3.59. The highest BCUT2D eigenvalue weighted by atomic mass is 28.3. The normalized spacial score (nSPS) is 16.9. The van der Waals surface area contributed by atoms with E-state index in [2.05, 4.69) is 33.9 Å². The first kappa shape index (κ1) is 22.7. The highest BCUT2D eigenvalue weighted by molar-refractivity contribution is 6.80. The number of nitro groups is 1. The number of carbonyl (C=O) groups excluding carboxylic acids is 3. The van der Waals surface area contributed by atoms with Crippen molar-refractivity contribution in [3.63, 3.8) is 0 Å². The molecule has 1 unspecified atom stereocenters. The topological polar surface area (TPSA) is 107 Å². The van der Waals surface area contributed by atoms with Gasteiger partial charge < -0.3 is 9.30 Å². The van der Waals surface area contributed by atoms with E-state index in [1.165, 1.54) is 24.3 Å². The number of ketones is 1. The number of Topliss-reactive ketones (excluding diaryl/α,β-unsaturated/α-hetero) is 1. The van der Waals surface area contributed by atoms with Crippen LogP contribution >= 0.6 is 0 Å². The smallest absolute Gasteiger partial charge is 0.313 e. The number of benzene rings is 1. The molecule has 1 amide bonds. The van der Waals surface area contributed by atoms with Crippen LogP contribution < -0.4 is 0 Å². The highest BCUT2D eigenvalue weighted by Crippen LogP contribution is 2.43. The number of carbonyl (C=O) groups is 3. The van der Waals surface area contributed by atoms with Crippen molar-refractivity contribution in [3.05, 3.63) is 39.9 Å². The van der Waals surface area contributed by atoms with Crippen LogP contribution in [0, 0.1) is 10.1 Å². The fraction of sp³-hybridized carbons (Fsp3) is 0.550. The molecule has 1 fully saturated rings. The maximum Gasteiger partial charge on any atom is 0.313 e. The number of nitrogens with zero attached hydrogens (tertiary/aromatic N) is 2. The molecule has 9 heteroatoms. The molecule has 0 bridgehead atoms. The Morgan fingerprint density at radius 1 is 1.24 bits per heavy atom. The van der Waals surface area contributed by atoms with Crippen molar-refractivity contribution in [1.29, 1.82) is 0 Å². The molecule has 0 N–H and O–H groups in total. The first-order valence-electron chi connectivity index (χ1n) is 9.55. The lowest BCUT2D eigenvalue weighted by Gasteiger charge is -2.54. The number of rotatable bonds is 8. The first-order chi connectivity index (χ1) is 13.3. The Morgan fingerprint density at radius 2 is 1.83 bits per heavy atom. The number of nitro benzene ring substituents is 1. The van der Waals surface area contributed by atoms with Gasteiger partial charge in [0.05, 0.1) is 4.92 Å². The van der Waals surface area contributed by atoms with Crippen LogP contribution in [0.1, 0.15) is 45.6 Å². The van der Waals surface area contributed by atoms with Crippen molar-refractivity contribution in [3.8, 4) is 0 Å². The number of non-ortho nitro benzene ring substituents is 1. The van der Waals surface area contributed by atoms with Crippen LogP contribution in [-0.2, 0) is 25.7 Å². The molecule has 1 aliphatic heterocycles. The van der Waals surface area contributed by atoms with Crippen molar-refractivity contribution < 1.29 is 24.0 Å². The largest absolute Gasteiger partial charge is 0.460 e. The number of amides is 1. The van der Waals surface area contributed by atoms with E-state index in [1.807, 2.05) is 4.57 Å². The van der Waals surface area contributed by atoms with Crippen molar-refractivity contribution in [2.75, 3.05) is 0 Å². The van der Waals surface area contributed by atoms with Gasteiger partial charge in [0.1, 0.15) is 18.8 Å². The summed E-state index contributed by atoms with van der Waals surface area (Å²) >= 11 is 0. The van der Waals surface area contributed by atoms with Gasteiger partial charge in [0.15, 0.2) is 8.24 Å². The molecule has 8 nitrogen and oxygen atoms in total. The number of esters is 1.